The Morgan fingerprint density at radius 3 is 2.67 bits per heavy atom. The lowest BCUT2D eigenvalue weighted by Gasteiger charge is -2.20. The zero-order chi connectivity index (χ0) is 19.6. The maximum Gasteiger partial charge on any atom is 0.242 e. The molecule has 0 unspecified atom stereocenters. The summed E-state index contributed by atoms with van der Waals surface area (Å²) in [7, 11) is -0.473. The molecule has 1 amide bonds. The molecule has 144 valence electrons. The van der Waals surface area contributed by atoms with Crippen LogP contribution in [0.2, 0.25) is 0 Å². The van der Waals surface area contributed by atoms with Gasteiger partial charge in [-0.25, -0.2) is 12.7 Å². The quantitative estimate of drug-likeness (QED) is 0.762. The Hall–Kier alpha value is -2.38. The molecule has 0 radical (unpaired) electrons. The first-order valence-electron chi connectivity index (χ1n) is 8.84. The van der Waals surface area contributed by atoms with Crippen LogP contribution in [-0.2, 0) is 27.7 Å². The highest BCUT2D eigenvalue weighted by molar-refractivity contribution is 7.89. The van der Waals surface area contributed by atoms with Crippen molar-refractivity contribution in [3.63, 3.8) is 0 Å². The first-order valence-corrected chi connectivity index (χ1v) is 10.3. The van der Waals surface area contributed by atoms with Gasteiger partial charge in [0.05, 0.1) is 12.0 Å². The number of rotatable bonds is 6. The van der Waals surface area contributed by atoms with Crippen molar-refractivity contribution < 1.29 is 17.9 Å². The Morgan fingerprint density at radius 1 is 1.22 bits per heavy atom. The first-order chi connectivity index (χ1) is 12.8. The summed E-state index contributed by atoms with van der Waals surface area (Å²) in [5, 5.41) is 0. The molecule has 7 heteroatoms. The Bertz CT molecular complexity index is 956. The molecule has 0 fully saturated rings. The van der Waals surface area contributed by atoms with E-state index in [-0.39, 0.29) is 10.8 Å². The second-order valence-electron chi connectivity index (χ2n) is 6.60. The van der Waals surface area contributed by atoms with E-state index < -0.39 is 10.0 Å². The molecule has 2 aromatic rings. The Balaban J connectivity index is 1.80. The minimum Gasteiger partial charge on any atom is -0.496 e. The highest BCUT2D eigenvalue weighted by Crippen LogP contribution is 2.31. The number of hydrogen-bond donors (Lipinski definition) is 0. The predicted octanol–water partition coefficient (Wildman–Crippen LogP) is 2.47. The van der Waals surface area contributed by atoms with E-state index in [2.05, 4.69) is 0 Å². The van der Waals surface area contributed by atoms with E-state index in [1.807, 2.05) is 24.3 Å². The van der Waals surface area contributed by atoms with Crippen molar-refractivity contribution in [2.75, 3.05) is 32.1 Å². The fourth-order valence-corrected chi connectivity index (χ4v) is 4.53. The molecular weight excluding hydrogens is 364 g/mol. The van der Waals surface area contributed by atoms with Crippen LogP contribution >= 0.6 is 0 Å². The van der Waals surface area contributed by atoms with Gasteiger partial charge in [0.25, 0.3) is 0 Å². The fraction of sp³-hybridized carbons (Fsp3) is 0.350. The molecule has 1 heterocycles. The van der Waals surface area contributed by atoms with Gasteiger partial charge in [0.15, 0.2) is 0 Å². The molecule has 2 aromatic carbocycles. The standard InChI is InChI=1S/C20H24N2O4S/c1-15(23)22-13-11-16-8-9-18(14-19(16)22)27(24,25)21(2)12-10-17-6-4-5-7-20(17)26-3/h4-9,14H,10-13H2,1-3H3. The van der Waals surface area contributed by atoms with E-state index in [1.54, 1.807) is 37.3 Å². The van der Waals surface area contributed by atoms with E-state index in [0.717, 1.165) is 23.3 Å². The SMILES string of the molecule is COc1ccccc1CCN(C)S(=O)(=O)c1ccc2c(c1)N(C(C)=O)CC2. The van der Waals surface area contributed by atoms with Crippen LogP contribution in [0.15, 0.2) is 47.4 Å². The van der Waals surface area contributed by atoms with E-state index in [9.17, 15) is 13.2 Å². The van der Waals surface area contributed by atoms with Gasteiger partial charge in [0, 0.05) is 32.7 Å². The number of benzene rings is 2. The van der Waals surface area contributed by atoms with Gasteiger partial charge in [-0.2, -0.15) is 0 Å². The molecule has 1 aliphatic rings. The van der Waals surface area contributed by atoms with Crippen LogP contribution in [-0.4, -0.2) is 45.9 Å². The number of ether oxygens (including phenoxy) is 1. The number of amides is 1. The molecule has 0 aromatic heterocycles. The second-order valence-corrected chi connectivity index (χ2v) is 8.64. The minimum atomic E-state index is -3.64. The van der Waals surface area contributed by atoms with Crippen LogP contribution in [0.1, 0.15) is 18.1 Å². The molecule has 0 saturated heterocycles. The zero-order valence-electron chi connectivity index (χ0n) is 15.8. The lowest BCUT2D eigenvalue weighted by molar-refractivity contribution is -0.116. The van der Waals surface area contributed by atoms with Gasteiger partial charge in [-0.1, -0.05) is 24.3 Å². The lowest BCUT2D eigenvalue weighted by Crippen LogP contribution is -2.29. The molecular formula is C20H24N2O4S. The summed E-state index contributed by atoms with van der Waals surface area (Å²) < 4.78 is 32.6. The molecule has 0 atom stereocenters. The number of carbonyl (C=O) groups is 1. The number of anilines is 1. The zero-order valence-corrected chi connectivity index (χ0v) is 16.6. The lowest BCUT2D eigenvalue weighted by atomic mass is 10.1. The Morgan fingerprint density at radius 2 is 1.96 bits per heavy atom. The maximum absolute atomic E-state index is 13.0. The van der Waals surface area contributed by atoms with Crippen LogP contribution in [0, 0.1) is 0 Å². The second kappa shape index (κ2) is 7.70. The molecule has 0 spiro atoms. The molecule has 0 aliphatic carbocycles. The van der Waals surface area contributed by atoms with Gasteiger partial charge >= 0.3 is 0 Å². The number of likely N-dealkylation sites (N-methyl/N-ethyl adjacent to an activating group) is 1. The average molecular weight is 388 g/mol. The number of fused-ring (bicyclic) bond motifs is 1. The number of carbonyl (C=O) groups excluding carboxylic acids is 1. The van der Waals surface area contributed by atoms with Crippen LogP contribution < -0.4 is 9.64 Å². The normalized spacial score (nSPS) is 13.7. The summed E-state index contributed by atoms with van der Waals surface area (Å²) in [5.41, 5.74) is 2.65. The summed E-state index contributed by atoms with van der Waals surface area (Å²) >= 11 is 0. The summed E-state index contributed by atoms with van der Waals surface area (Å²) in [5.74, 6) is 0.672. The van der Waals surface area contributed by atoms with E-state index in [0.29, 0.717) is 25.2 Å². The third-order valence-corrected chi connectivity index (χ3v) is 6.78. The van der Waals surface area contributed by atoms with Crippen molar-refractivity contribution in [2.24, 2.45) is 0 Å². The molecule has 6 nitrogen and oxygen atoms in total. The molecule has 0 saturated carbocycles. The van der Waals surface area contributed by atoms with Crippen LogP contribution in [0.4, 0.5) is 5.69 Å². The number of sulfonamides is 1. The molecule has 0 bridgehead atoms. The average Bonchev–Trinajstić information content (AvgIpc) is 3.09. The molecule has 0 N–H and O–H groups in total. The van der Waals surface area contributed by atoms with Gasteiger partial charge in [0.1, 0.15) is 5.75 Å². The van der Waals surface area contributed by atoms with Crippen molar-refractivity contribution in [3.8, 4) is 5.75 Å². The molecule has 3 rings (SSSR count). The van der Waals surface area contributed by atoms with Gasteiger partial charge in [-0.15, -0.1) is 0 Å². The third kappa shape index (κ3) is 3.84. The summed E-state index contributed by atoms with van der Waals surface area (Å²) in [4.78, 5) is 13.6. The summed E-state index contributed by atoms with van der Waals surface area (Å²) in [6.45, 7) is 2.42. The van der Waals surface area contributed by atoms with Gasteiger partial charge in [-0.3, -0.25) is 4.79 Å². The molecule has 1 aliphatic heterocycles. The van der Waals surface area contributed by atoms with Gasteiger partial charge < -0.3 is 9.64 Å². The summed E-state index contributed by atoms with van der Waals surface area (Å²) in [6, 6.07) is 12.6. The fourth-order valence-electron chi connectivity index (χ4n) is 3.33. The van der Waals surface area contributed by atoms with E-state index in [1.165, 1.54) is 11.2 Å². The Kier molecular flexibility index (Phi) is 5.53. The van der Waals surface area contributed by atoms with Crippen molar-refractivity contribution in [2.45, 2.75) is 24.7 Å². The Labute approximate surface area is 160 Å². The number of para-hydroxylation sites is 1. The highest BCUT2D eigenvalue weighted by atomic mass is 32.2. The third-order valence-electron chi connectivity index (χ3n) is 4.93. The number of nitrogens with zero attached hydrogens (tertiary/aromatic N) is 2. The smallest absolute Gasteiger partial charge is 0.242 e. The summed E-state index contributed by atoms with van der Waals surface area (Å²) in [6.07, 6.45) is 1.29. The topological polar surface area (TPSA) is 66.9 Å². The minimum absolute atomic E-state index is 0.0761. The largest absolute Gasteiger partial charge is 0.496 e. The van der Waals surface area contributed by atoms with E-state index in [4.69, 9.17) is 4.74 Å². The van der Waals surface area contributed by atoms with Crippen LogP contribution in [0.25, 0.3) is 0 Å². The first kappa shape index (κ1) is 19.4. The van der Waals surface area contributed by atoms with Crippen molar-refractivity contribution in [1.29, 1.82) is 0 Å². The molecule has 27 heavy (non-hydrogen) atoms. The van der Waals surface area contributed by atoms with Crippen molar-refractivity contribution in [3.05, 3.63) is 53.6 Å². The maximum atomic E-state index is 13.0. The monoisotopic (exact) mass is 388 g/mol. The number of hydrogen-bond acceptors (Lipinski definition) is 4. The van der Waals surface area contributed by atoms with Gasteiger partial charge in [0.2, 0.25) is 15.9 Å². The van der Waals surface area contributed by atoms with Gasteiger partial charge in [-0.05, 0) is 42.2 Å². The van der Waals surface area contributed by atoms with Crippen molar-refractivity contribution in [1.82, 2.24) is 4.31 Å². The predicted molar refractivity (Wildman–Crippen MR) is 105 cm³/mol. The van der Waals surface area contributed by atoms with Crippen molar-refractivity contribution >= 4 is 21.6 Å². The highest BCUT2D eigenvalue weighted by Gasteiger charge is 2.27. The van der Waals surface area contributed by atoms with E-state index >= 15 is 0 Å². The van der Waals surface area contributed by atoms with Crippen LogP contribution in [0.5, 0.6) is 5.75 Å². The van der Waals surface area contributed by atoms with Crippen LogP contribution in [0.3, 0.4) is 0 Å². The number of methoxy groups -OCH3 is 1.